The van der Waals surface area contributed by atoms with Crippen molar-refractivity contribution in [3.63, 3.8) is 0 Å². The molecule has 228 valence electrons. The summed E-state index contributed by atoms with van der Waals surface area (Å²) in [5.74, 6) is 0.581. The quantitative estimate of drug-likeness (QED) is 0.127. The summed E-state index contributed by atoms with van der Waals surface area (Å²) in [4.78, 5) is 2.61. The second kappa shape index (κ2) is 12.5. The number of rotatable bonds is 8. The van der Waals surface area contributed by atoms with Crippen molar-refractivity contribution in [1.29, 1.82) is 0 Å². The average molecular weight is 598 g/mol. The number of nitrogens with zero attached hydrogens (tertiary/aromatic N) is 1. The van der Waals surface area contributed by atoms with Gasteiger partial charge in [0.2, 0.25) is 0 Å². The van der Waals surface area contributed by atoms with E-state index in [2.05, 4.69) is 178 Å². The molecule has 1 heterocycles. The Kier molecular flexibility index (Phi) is 8.09. The van der Waals surface area contributed by atoms with E-state index in [-0.39, 0.29) is 5.41 Å². The first kappa shape index (κ1) is 29.8. The Hall–Kier alpha value is -4.88. The molecule has 1 nitrogen and oxygen atoms in total. The van der Waals surface area contributed by atoms with Crippen molar-refractivity contribution in [2.75, 3.05) is 4.90 Å². The first-order valence-corrected chi connectivity index (χ1v) is 16.7. The Morgan fingerprint density at radius 3 is 2.04 bits per heavy atom. The van der Waals surface area contributed by atoms with Crippen molar-refractivity contribution < 1.29 is 0 Å². The molecule has 1 heteroatoms. The van der Waals surface area contributed by atoms with Crippen LogP contribution in [0.4, 0.5) is 11.4 Å². The summed E-state index contributed by atoms with van der Waals surface area (Å²) in [6.45, 7) is 11.2. The maximum atomic E-state index is 4.50. The number of hydrogen-bond donors (Lipinski definition) is 0. The van der Waals surface area contributed by atoms with Crippen molar-refractivity contribution >= 4 is 29.1 Å². The molecule has 2 atom stereocenters. The Balaban J connectivity index is 1.16. The molecule has 1 aliphatic heterocycles. The van der Waals surface area contributed by atoms with Crippen molar-refractivity contribution in [2.24, 2.45) is 0 Å². The molecule has 5 aromatic carbocycles. The van der Waals surface area contributed by atoms with Crippen molar-refractivity contribution in [2.45, 2.75) is 57.4 Å². The van der Waals surface area contributed by atoms with Crippen molar-refractivity contribution in [3.05, 3.63) is 185 Å². The van der Waals surface area contributed by atoms with Crippen molar-refractivity contribution in [3.8, 4) is 0 Å². The molecule has 2 unspecified atom stereocenters. The maximum Gasteiger partial charge on any atom is 0.0450 e. The zero-order valence-corrected chi connectivity index (χ0v) is 27.3. The molecule has 0 N–H and O–H groups in total. The third-order valence-corrected chi connectivity index (χ3v) is 10.3. The predicted octanol–water partition coefficient (Wildman–Crippen LogP) is 11.9. The molecule has 1 saturated carbocycles. The SMILES string of the molecule is C=C(/C=C/c1ccc2c(c1)C1CCCC1N2c1ccc(C=C(c2ccccc2)c2ccccc2)cc1)C(C)(C)c1ccccc1C. The third kappa shape index (κ3) is 5.67. The lowest BCUT2D eigenvalue weighted by Gasteiger charge is -2.28. The summed E-state index contributed by atoms with van der Waals surface area (Å²) < 4.78 is 0. The first-order valence-electron chi connectivity index (χ1n) is 16.7. The smallest absolute Gasteiger partial charge is 0.0450 e. The van der Waals surface area contributed by atoms with E-state index in [9.17, 15) is 0 Å². The Morgan fingerprint density at radius 1 is 0.739 bits per heavy atom. The third-order valence-electron chi connectivity index (χ3n) is 10.3. The van der Waals surface area contributed by atoms with Crippen LogP contribution in [0.1, 0.15) is 78.0 Å². The van der Waals surface area contributed by atoms with E-state index < -0.39 is 0 Å². The van der Waals surface area contributed by atoms with Crippen LogP contribution in [0.2, 0.25) is 0 Å². The fraction of sp³-hybridized carbons (Fsp3) is 0.200. The molecular formula is C45H43N. The molecule has 1 fully saturated rings. The highest BCUT2D eigenvalue weighted by atomic mass is 15.2. The zero-order valence-electron chi connectivity index (χ0n) is 27.3. The topological polar surface area (TPSA) is 3.24 Å². The second-order valence-electron chi connectivity index (χ2n) is 13.5. The van der Waals surface area contributed by atoms with Gasteiger partial charge in [-0.3, -0.25) is 0 Å². The monoisotopic (exact) mass is 597 g/mol. The van der Waals surface area contributed by atoms with Gasteiger partial charge in [-0.05, 0) is 100 Å². The predicted molar refractivity (Wildman–Crippen MR) is 198 cm³/mol. The molecule has 0 spiro atoms. The highest BCUT2D eigenvalue weighted by Gasteiger charge is 2.42. The number of benzene rings is 5. The summed E-state index contributed by atoms with van der Waals surface area (Å²) in [5.41, 5.74) is 13.9. The van der Waals surface area contributed by atoms with Crippen LogP contribution < -0.4 is 4.90 Å². The Bertz CT molecular complexity index is 1870. The van der Waals surface area contributed by atoms with E-state index in [1.54, 1.807) is 0 Å². The minimum Gasteiger partial charge on any atom is -0.338 e. The van der Waals surface area contributed by atoms with E-state index in [1.807, 2.05) is 0 Å². The Morgan fingerprint density at radius 2 is 1.37 bits per heavy atom. The molecule has 7 rings (SSSR count). The van der Waals surface area contributed by atoms with Gasteiger partial charge >= 0.3 is 0 Å². The number of allylic oxidation sites excluding steroid dienone is 2. The largest absolute Gasteiger partial charge is 0.338 e. The van der Waals surface area contributed by atoms with Gasteiger partial charge in [0.1, 0.15) is 0 Å². The summed E-state index contributed by atoms with van der Waals surface area (Å²) >= 11 is 0. The van der Waals surface area contributed by atoms with E-state index in [0.717, 1.165) is 5.57 Å². The Labute approximate surface area is 275 Å². The van der Waals surface area contributed by atoms with Crippen LogP contribution >= 0.6 is 0 Å². The molecular weight excluding hydrogens is 555 g/mol. The lowest BCUT2D eigenvalue weighted by molar-refractivity contribution is 0.637. The van der Waals surface area contributed by atoms with Gasteiger partial charge in [-0.1, -0.05) is 142 Å². The summed E-state index contributed by atoms with van der Waals surface area (Å²) in [7, 11) is 0. The van der Waals surface area contributed by atoms with Gasteiger partial charge in [0, 0.05) is 28.7 Å². The second-order valence-corrected chi connectivity index (χ2v) is 13.5. The van der Waals surface area contributed by atoms with Gasteiger partial charge in [-0.2, -0.15) is 0 Å². The van der Waals surface area contributed by atoms with E-state index in [1.165, 1.54) is 75.2 Å². The number of fused-ring (bicyclic) bond motifs is 3. The van der Waals surface area contributed by atoms with Gasteiger partial charge < -0.3 is 4.90 Å². The van der Waals surface area contributed by atoms with Crippen LogP contribution in [0.25, 0.3) is 17.7 Å². The summed E-state index contributed by atoms with van der Waals surface area (Å²) in [6.07, 6.45) is 10.6. The lowest BCUT2D eigenvalue weighted by atomic mass is 9.76. The van der Waals surface area contributed by atoms with Crippen LogP contribution in [0.15, 0.2) is 146 Å². The van der Waals surface area contributed by atoms with Crippen LogP contribution in [0.3, 0.4) is 0 Å². The van der Waals surface area contributed by atoms with Crippen LogP contribution in [-0.4, -0.2) is 6.04 Å². The van der Waals surface area contributed by atoms with Gasteiger partial charge in [0.05, 0.1) is 0 Å². The van der Waals surface area contributed by atoms with Gasteiger partial charge in [0.15, 0.2) is 0 Å². The molecule has 0 saturated heterocycles. The maximum absolute atomic E-state index is 4.50. The molecule has 5 aromatic rings. The fourth-order valence-corrected chi connectivity index (χ4v) is 7.63. The van der Waals surface area contributed by atoms with E-state index in [0.29, 0.717) is 12.0 Å². The molecule has 0 radical (unpaired) electrons. The van der Waals surface area contributed by atoms with E-state index in [4.69, 9.17) is 0 Å². The molecule has 0 amide bonds. The number of aryl methyl sites for hydroxylation is 1. The summed E-state index contributed by atoms with van der Waals surface area (Å²) in [6, 6.07) is 46.8. The highest BCUT2D eigenvalue weighted by molar-refractivity contribution is 5.91. The number of hydrogen-bond acceptors (Lipinski definition) is 1. The van der Waals surface area contributed by atoms with E-state index >= 15 is 0 Å². The van der Waals surface area contributed by atoms with Crippen LogP contribution in [0.5, 0.6) is 0 Å². The highest BCUT2D eigenvalue weighted by Crippen LogP contribution is 2.52. The molecule has 2 aliphatic rings. The number of anilines is 2. The van der Waals surface area contributed by atoms with Gasteiger partial charge in [-0.25, -0.2) is 0 Å². The molecule has 0 bridgehead atoms. The zero-order chi connectivity index (χ0) is 31.7. The fourth-order valence-electron chi connectivity index (χ4n) is 7.63. The first-order chi connectivity index (χ1) is 22.4. The summed E-state index contributed by atoms with van der Waals surface area (Å²) in [5, 5.41) is 0. The average Bonchev–Trinajstić information content (AvgIpc) is 3.68. The minimum atomic E-state index is -0.129. The molecule has 46 heavy (non-hydrogen) atoms. The standard InChI is InChI=1S/C45H43N/c1-32-14-11-12-20-42(32)45(3,4)33(2)22-23-34-26-29-44-41(31-34)39-19-13-21-43(39)46(44)38-27-24-35(25-28-38)30-40(36-15-7-5-8-16-36)37-17-9-6-10-18-37/h5-12,14-18,20,22-31,39,43H,2,13,19,21H2,1,3-4H3/b23-22+. The van der Waals surface area contributed by atoms with Gasteiger partial charge in [-0.15, -0.1) is 0 Å². The minimum absolute atomic E-state index is 0.129. The normalized spacial score (nSPS) is 17.2. The van der Waals surface area contributed by atoms with Gasteiger partial charge in [0.25, 0.3) is 0 Å². The lowest BCUT2D eigenvalue weighted by Crippen LogP contribution is -2.26. The molecule has 1 aliphatic carbocycles. The van der Waals surface area contributed by atoms with Crippen LogP contribution in [0, 0.1) is 6.92 Å². The molecule has 0 aromatic heterocycles. The van der Waals surface area contributed by atoms with Crippen LogP contribution in [-0.2, 0) is 5.41 Å². The van der Waals surface area contributed by atoms with Crippen molar-refractivity contribution in [1.82, 2.24) is 0 Å².